The quantitative estimate of drug-likeness (QED) is 0.928. The Balaban J connectivity index is 2.30. The largest absolute Gasteiger partial charge is 0.493 e. The van der Waals surface area contributed by atoms with Crippen molar-refractivity contribution in [2.75, 3.05) is 26.1 Å². The number of fused-ring (bicyclic) bond motifs is 2. The van der Waals surface area contributed by atoms with E-state index in [0.29, 0.717) is 0 Å². The second-order valence-corrected chi connectivity index (χ2v) is 5.02. The van der Waals surface area contributed by atoms with Crippen molar-refractivity contribution in [3.8, 4) is 11.5 Å². The standard InChI is InChI=1S/C16H20N2O2/c1-4-17-16-10-6-5-7-12(10)18-13-9-15(20-3)14(19-2)8-11(13)16/h8-9H,4-7H2,1-3H3,(H,17,18). The Morgan fingerprint density at radius 1 is 1.15 bits per heavy atom. The van der Waals surface area contributed by atoms with E-state index in [2.05, 4.69) is 12.2 Å². The molecule has 4 nitrogen and oxygen atoms in total. The van der Waals surface area contributed by atoms with E-state index < -0.39 is 0 Å². The molecular weight excluding hydrogens is 252 g/mol. The fraction of sp³-hybridized carbons (Fsp3) is 0.438. The van der Waals surface area contributed by atoms with Crippen LogP contribution in [0.3, 0.4) is 0 Å². The maximum Gasteiger partial charge on any atom is 0.162 e. The zero-order valence-corrected chi connectivity index (χ0v) is 12.2. The van der Waals surface area contributed by atoms with Gasteiger partial charge in [0.25, 0.3) is 0 Å². The van der Waals surface area contributed by atoms with E-state index in [1.165, 1.54) is 23.4 Å². The number of benzene rings is 1. The highest BCUT2D eigenvalue weighted by atomic mass is 16.5. The number of rotatable bonds is 4. The highest BCUT2D eigenvalue weighted by molar-refractivity contribution is 5.96. The molecule has 0 amide bonds. The number of methoxy groups -OCH3 is 2. The lowest BCUT2D eigenvalue weighted by Crippen LogP contribution is -2.04. The third kappa shape index (κ3) is 1.96. The Morgan fingerprint density at radius 2 is 1.90 bits per heavy atom. The van der Waals surface area contributed by atoms with Gasteiger partial charge in [0, 0.05) is 29.4 Å². The predicted molar refractivity (Wildman–Crippen MR) is 81.0 cm³/mol. The molecule has 106 valence electrons. The Morgan fingerprint density at radius 3 is 2.60 bits per heavy atom. The lowest BCUT2D eigenvalue weighted by Gasteiger charge is -2.16. The van der Waals surface area contributed by atoms with Crippen molar-refractivity contribution in [2.24, 2.45) is 0 Å². The summed E-state index contributed by atoms with van der Waals surface area (Å²) in [6.07, 6.45) is 3.36. The first-order valence-corrected chi connectivity index (χ1v) is 7.09. The van der Waals surface area contributed by atoms with Gasteiger partial charge in [-0.15, -0.1) is 0 Å². The summed E-state index contributed by atoms with van der Waals surface area (Å²) in [6.45, 7) is 3.02. The van der Waals surface area contributed by atoms with Gasteiger partial charge in [-0.25, -0.2) is 0 Å². The third-order valence-corrected chi connectivity index (χ3v) is 3.87. The molecule has 0 atom stereocenters. The topological polar surface area (TPSA) is 43.4 Å². The average Bonchev–Trinajstić information content (AvgIpc) is 2.93. The summed E-state index contributed by atoms with van der Waals surface area (Å²) in [7, 11) is 3.32. The van der Waals surface area contributed by atoms with E-state index in [0.717, 1.165) is 41.8 Å². The Bertz CT molecular complexity index is 653. The molecule has 1 aliphatic rings. The summed E-state index contributed by atoms with van der Waals surface area (Å²) in [5.74, 6) is 1.48. The van der Waals surface area contributed by atoms with Crippen LogP contribution in [0.25, 0.3) is 10.9 Å². The highest BCUT2D eigenvalue weighted by Gasteiger charge is 2.20. The number of aryl methyl sites for hydroxylation is 1. The molecular formula is C16H20N2O2. The minimum Gasteiger partial charge on any atom is -0.493 e. The Hall–Kier alpha value is -1.97. The summed E-state index contributed by atoms with van der Waals surface area (Å²) >= 11 is 0. The molecule has 0 aliphatic heterocycles. The molecule has 3 rings (SSSR count). The van der Waals surface area contributed by atoms with Gasteiger partial charge in [-0.2, -0.15) is 0 Å². The molecule has 0 fully saturated rings. The normalized spacial score (nSPS) is 13.3. The molecule has 0 unspecified atom stereocenters. The van der Waals surface area contributed by atoms with Crippen molar-refractivity contribution in [1.82, 2.24) is 4.98 Å². The second-order valence-electron chi connectivity index (χ2n) is 5.02. The smallest absolute Gasteiger partial charge is 0.162 e. The number of hydrogen-bond acceptors (Lipinski definition) is 4. The van der Waals surface area contributed by atoms with Gasteiger partial charge in [0.15, 0.2) is 11.5 Å². The molecule has 0 saturated heterocycles. The highest BCUT2D eigenvalue weighted by Crippen LogP contribution is 2.39. The van der Waals surface area contributed by atoms with Crippen LogP contribution in [-0.2, 0) is 12.8 Å². The Kier molecular flexibility index (Phi) is 3.38. The van der Waals surface area contributed by atoms with Crippen LogP contribution in [0.4, 0.5) is 5.69 Å². The van der Waals surface area contributed by atoms with Gasteiger partial charge in [0.1, 0.15) is 0 Å². The number of ether oxygens (including phenoxy) is 2. The van der Waals surface area contributed by atoms with Gasteiger partial charge in [-0.3, -0.25) is 4.98 Å². The van der Waals surface area contributed by atoms with Gasteiger partial charge in [-0.05, 0) is 37.8 Å². The first-order valence-electron chi connectivity index (χ1n) is 7.09. The van der Waals surface area contributed by atoms with E-state index in [9.17, 15) is 0 Å². The molecule has 1 aliphatic carbocycles. The maximum atomic E-state index is 5.42. The minimum absolute atomic E-state index is 0.730. The lowest BCUT2D eigenvalue weighted by molar-refractivity contribution is 0.356. The number of nitrogens with one attached hydrogen (secondary N) is 1. The fourth-order valence-electron chi connectivity index (χ4n) is 2.97. The van der Waals surface area contributed by atoms with Crippen LogP contribution >= 0.6 is 0 Å². The molecule has 2 aromatic rings. The second kappa shape index (κ2) is 5.19. The molecule has 0 saturated carbocycles. The Labute approximate surface area is 119 Å². The number of aromatic nitrogens is 1. The zero-order valence-electron chi connectivity index (χ0n) is 12.2. The summed E-state index contributed by atoms with van der Waals surface area (Å²) in [5, 5.41) is 4.62. The van der Waals surface area contributed by atoms with Crippen LogP contribution in [0.15, 0.2) is 12.1 Å². The summed E-state index contributed by atoms with van der Waals surface area (Å²) in [4.78, 5) is 4.81. The molecule has 1 aromatic heterocycles. The summed E-state index contributed by atoms with van der Waals surface area (Å²) in [6, 6.07) is 3.99. The fourth-order valence-corrected chi connectivity index (χ4v) is 2.97. The van der Waals surface area contributed by atoms with Gasteiger partial charge in [-0.1, -0.05) is 0 Å². The van der Waals surface area contributed by atoms with Crippen molar-refractivity contribution >= 4 is 16.6 Å². The van der Waals surface area contributed by atoms with Gasteiger partial charge >= 0.3 is 0 Å². The zero-order chi connectivity index (χ0) is 14.1. The minimum atomic E-state index is 0.730. The summed E-state index contributed by atoms with van der Waals surface area (Å²) < 4.78 is 10.8. The van der Waals surface area contributed by atoms with Crippen LogP contribution < -0.4 is 14.8 Å². The van der Waals surface area contributed by atoms with Crippen LogP contribution in [0, 0.1) is 0 Å². The average molecular weight is 272 g/mol. The molecule has 0 bridgehead atoms. The predicted octanol–water partition coefficient (Wildman–Crippen LogP) is 3.17. The van der Waals surface area contributed by atoms with Gasteiger partial charge in [0.05, 0.1) is 19.7 Å². The molecule has 4 heteroatoms. The molecule has 1 N–H and O–H groups in total. The number of pyridine rings is 1. The van der Waals surface area contributed by atoms with Crippen molar-refractivity contribution in [2.45, 2.75) is 26.2 Å². The van der Waals surface area contributed by atoms with E-state index in [1.807, 2.05) is 12.1 Å². The van der Waals surface area contributed by atoms with Crippen molar-refractivity contribution in [3.63, 3.8) is 0 Å². The molecule has 20 heavy (non-hydrogen) atoms. The lowest BCUT2D eigenvalue weighted by atomic mass is 10.1. The first kappa shape index (κ1) is 13.0. The monoisotopic (exact) mass is 272 g/mol. The van der Waals surface area contributed by atoms with E-state index in [-0.39, 0.29) is 0 Å². The first-order chi connectivity index (χ1) is 9.78. The van der Waals surface area contributed by atoms with Crippen LogP contribution in [0.2, 0.25) is 0 Å². The van der Waals surface area contributed by atoms with E-state index >= 15 is 0 Å². The number of nitrogens with zero attached hydrogens (tertiary/aromatic N) is 1. The van der Waals surface area contributed by atoms with Crippen molar-refractivity contribution < 1.29 is 9.47 Å². The molecule has 0 radical (unpaired) electrons. The number of anilines is 1. The molecule has 1 aromatic carbocycles. The van der Waals surface area contributed by atoms with Crippen LogP contribution in [0.1, 0.15) is 24.6 Å². The van der Waals surface area contributed by atoms with Crippen molar-refractivity contribution in [1.29, 1.82) is 0 Å². The van der Waals surface area contributed by atoms with Crippen LogP contribution in [-0.4, -0.2) is 25.7 Å². The molecule has 1 heterocycles. The van der Waals surface area contributed by atoms with Gasteiger partial charge in [0.2, 0.25) is 0 Å². The van der Waals surface area contributed by atoms with Crippen molar-refractivity contribution in [3.05, 3.63) is 23.4 Å². The molecule has 0 spiro atoms. The third-order valence-electron chi connectivity index (χ3n) is 3.87. The summed E-state index contributed by atoms with van der Waals surface area (Å²) in [5.41, 5.74) is 4.78. The van der Waals surface area contributed by atoms with E-state index in [4.69, 9.17) is 14.5 Å². The van der Waals surface area contributed by atoms with E-state index in [1.54, 1.807) is 14.2 Å². The SMILES string of the molecule is CCNc1c2c(nc3cc(OC)c(OC)cc13)CCC2. The van der Waals surface area contributed by atoms with Gasteiger partial charge < -0.3 is 14.8 Å². The maximum absolute atomic E-state index is 5.42. The number of hydrogen-bond donors (Lipinski definition) is 1. The van der Waals surface area contributed by atoms with Crippen LogP contribution in [0.5, 0.6) is 11.5 Å².